The van der Waals surface area contributed by atoms with Crippen molar-refractivity contribution in [1.82, 2.24) is 29.7 Å². The number of hydrogen-bond donors (Lipinski definition) is 2. The Bertz CT molecular complexity index is 956. The molecule has 0 bridgehead atoms. The molecule has 0 radical (unpaired) electrons. The highest BCUT2D eigenvalue weighted by Crippen LogP contribution is 2.21. The number of hydrogen-bond acceptors (Lipinski definition) is 5. The van der Waals surface area contributed by atoms with Crippen molar-refractivity contribution in [2.45, 2.75) is 50.6 Å². The first-order chi connectivity index (χ1) is 14.5. The van der Waals surface area contributed by atoms with Gasteiger partial charge in [-0.25, -0.2) is 8.42 Å². The van der Waals surface area contributed by atoms with Crippen LogP contribution in [0.5, 0.6) is 0 Å². The minimum Gasteiger partial charge on any atom is -0.355 e. The summed E-state index contributed by atoms with van der Waals surface area (Å²) in [5.74, 6) is 1.61. The first-order valence-electron chi connectivity index (χ1n) is 10.4. The highest BCUT2D eigenvalue weighted by atomic mass is 127. The van der Waals surface area contributed by atoms with Crippen LogP contribution in [0.25, 0.3) is 0 Å². The minimum absolute atomic E-state index is 0. The third-order valence-electron chi connectivity index (χ3n) is 5.19. The van der Waals surface area contributed by atoms with E-state index < -0.39 is 10.0 Å². The Balaban J connectivity index is 0.00000341. The van der Waals surface area contributed by atoms with Gasteiger partial charge in [-0.1, -0.05) is 25.5 Å². The largest absolute Gasteiger partial charge is 0.355 e. The second kappa shape index (κ2) is 12.3. The summed E-state index contributed by atoms with van der Waals surface area (Å²) >= 11 is 0. The second-order valence-corrected chi connectivity index (χ2v) is 9.20. The van der Waals surface area contributed by atoms with Crippen LogP contribution >= 0.6 is 24.0 Å². The van der Waals surface area contributed by atoms with Crippen molar-refractivity contribution in [2.24, 2.45) is 4.99 Å². The Kier molecular flexibility index (Phi) is 10.2. The van der Waals surface area contributed by atoms with E-state index in [2.05, 4.69) is 25.8 Å². The van der Waals surface area contributed by atoms with E-state index in [1.54, 1.807) is 35.9 Å². The molecular weight excluding hydrogens is 529 g/mol. The van der Waals surface area contributed by atoms with Crippen LogP contribution in [0.2, 0.25) is 0 Å². The molecule has 31 heavy (non-hydrogen) atoms. The minimum atomic E-state index is -3.43. The molecule has 0 saturated carbocycles. The number of rotatable bonds is 8. The lowest BCUT2D eigenvalue weighted by molar-refractivity contribution is 0.346. The van der Waals surface area contributed by atoms with Gasteiger partial charge >= 0.3 is 0 Å². The van der Waals surface area contributed by atoms with Gasteiger partial charge in [0.1, 0.15) is 12.2 Å². The summed E-state index contributed by atoms with van der Waals surface area (Å²) in [6.07, 6.45) is 5.52. The summed E-state index contributed by atoms with van der Waals surface area (Å²) in [4.78, 5) is 4.59. The summed E-state index contributed by atoms with van der Waals surface area (Å²) in [5, 5.41) is 14.5. The molecule has 0 atom stereocenters. The molecule has 11 heteroatoms. The third kappa shape index (κ3) is 6.88. The van der Waals surface area contributed by atoms with Crippen molar-refractivity contribution in [3.8, 4) is 0 Å². The number of nitrogens with zero attached hydrogens (tertiary/aromatic N) is 5. The van der Waals surface area contributed by atoms with Crippen LogP contribution in [0.4, 0.5) is 0 Å². The summed E-state index contributed by atoms with van der Waals surface area (Å²) in [6, 6.07) is 7.13. The molecule has 1 aliphatic heterocycles. The van der Waals surface area contributed by atoms with E-state index in [0.717, 1.165) is 43.6 Å². The molecule has 9 nitrogen and oxygen atoms in total. The first kappa shape index (κ1) is 25.5. The summed E-state index contributed by atoms with van der Waals surface area (Å²) < 4.78 is 29.4. The molecule has 0 spiro atoms. The quantitative estimate of drug-likeness (QED) is 0.290. The Morgan fingerprint density at radius 2 is 1.97 bits per heavy atom. The molecule has 1 fully saturated rings. The maximum atomic E-state index is 12.9. The number of halogens is 1. The predicted molar refractivity (Wildman–Crippen MR) is 132 cm³/mol. The number of nitrogens with one attached hydrogen (secondary N) is 2. The monoisotopic (exact) mass is 561 g/mol. The second-order valence-electron chi connectivity index (χ2n) is 7.26. The standard InChI is InChI=1S/C20H31N7O2S.HI/c1-3-19-25-24-16-26(19)13-10-22-20(21-2)23-15-17-8-7-9-18(14-17)30(28,29)27-11-5-4-6-12-27;/h7-9,14,16H,3-6,10-13,15H2,1-2H3,(H2,21,22,23);1H. The smallest absolute Gasteiger partial charge is 0.243 e. The van der Waals surface area contributed by atoms with Crippen molar-refractivity contribution in [1.29, 1.82) is 0 Å². The lowest BCUT2D eigenvalue weighted by Crippen LogP contribution is -2.38. The number of aryl methyl sites for hydroxylation is 1. The fraction of sp³-hybridized carbons (Fsp3) is 0.550. The zero-order chi connectivity index (χ0) is 21.4. The fourth-order valence-electron chi connectivity index (χ4n) is 3.51. The lowest BCUT2D eigenvalue weighted by atomic mass is 10.2. The molecule has 1 aromatic carbocycles. The molecule has 3 rings (SSSR count). The summed E-state index contributed by atoms with van der Waals surface area (Å²) in [5.41, 5.74) is 0.892. The van der Waals surface area contributed by atoms with E-state index in [1.807, 2.05) is 17.6 Å². The third-order valence-corrected chi connectivity index (χ3v) is 7.09. The lowest BCUT2D eigenvalue weighted by Gasteiger charge is -2.26. The van der Waals surface area contributed by atoms with E-state index >= 15 is 0 Å². The van der Waals surface area contributed by atoms with Crippen LogP contribution in [0.15, 0.2) is 40.5 Å². The zero-order valence-electron chi connectivity index (χ0n) is 18.1. The molecule has 0 unspecified atom stereocenters. The zero-order valence-corrected chi connectivity index (χ0v) is 21.3. The summed E-state index contributed by atoms with van der Waals surface area (Å²) in [6.45, 7) is 5.15. The van der Waals surface area contributed by atoms with Gasteiger partial charge in [0.15, 0.2) is 5.96 Å². The number of benzene rings is 1. The van der Waals surface area contributed by atoms with E-state index in [9.17, 15) is 8.42 Å². The van der Waals surface area contributed by atoms with Crippen LogP contribution in [0, 0.1) is 0 Å². The number of aliphatic imine (C=N–C) groups is 1. The first-order valence-corrected chi connectivity index (χ1v) is 11.9. The van der Waals surface area contributed by atoms with Gasteiger partial charge in [-0.3, -0.25) is 4.99 Å². The van der Waals surface area contributed by atoms with Gasteiger partial charge in [-0.2, -0.15) is 4.31 Å². The molecule has 0 aliphatic carbocycles. The van der Waals surface area contributed by atoms with Gasteiger partial charge in [0.25, 0.3) is 0 Å². The van der Waals surface area contributed by atoms with E-state index in [1.165, 1.54) is 0 Å². The van der Waals surface area contributed by atoms with Crippen molar-refractivity contribution in [3.05, 3.63) is 42.0 Å². The fourth-order valence-corrected chi connectivity index (χ4v) is 5.10. The summed E-state index contributed by atoms with van der Waals surface area (Å²) in [7, 11) is -1.72. The molecule has 2 heterocycles. The molecular formula is C20H32IN7O2S. The normalized spacial score (nSPS) is 15.4. The number of guanidine groups is 1. The number of piperidine rings is 1. The van der Waals surface area contributed by atoms with Gasteiger partial charge in [0.2, 0.25) is 10.0 Å². The predicted octanol–water partition coefficient (Wildman–Crippen LogP) is 2.00. The molecule has 1 saturated heterocycles. The van der Waals surface area contributed by atoms with E-state index in [-0.39, 0.29) is 24.0 Å². The van der Waals surface area contributed by atoms with Gasteiger partial charge in [-0.15, -0.1) is 34.2 Å². The highest BCUT2D eigenvalue weighted by Gasteiger charge is 2.25. The highest BCUT2D eigenvalue weighted by molar-refractivity contribution is 14.0. The molecule has 172 valence electrons. The van der Waals surface area contributed by atoms with Gasteiger partial charge in [0, 0.05) is 46.2 Å². The van der Waals surface area contributed by atoms with Gasteiger partial charge in [-0.05, 0) is 30.5 Å². The number of aromatic nitrogens is 3. The SMILES string of the molecule is CCc1nncn1CCNC(=NC)NCc1cccc(S(=O)(=O)N2CCCCC2)c1.I. The van der Waals surface area contributed by atoms with E-state index in [4.69, 9.17) is 0 Å². The van der Waals surface area contributed by atoms with Crippen LogP contribution in [-0.2, 0) is 29.5 Å². The maximum absolute atomic E-state index is 12.9. The van der Waals surface area contributed by atoms with Crippen molar-refractivity contribution >= 4 is 40.0 Å². The molecule has 2 aromatic rings. The Morgan fingerprint density at radius 3 is 2.68 bits per heavy atom. The average Bonchev–Trinajstić information content (AvgIpc) is 3.24. The van der Waals surface area contributed by atoms with Crippen LogP contribution in [0.3, 0.4) is 0 Å². The Morgan fingerprint density at radius 1 is 1.19 bits per heavy atom. The van der Waals surface area contributed by atoms with Crippen LogP contribution in [0.1, 0.15) is 37.6 Å². The van der Waals surface area contributed by atoms with Crippen LogP contribution < -0.4 is 10.6 Å². The van der Waals surface area contributed by atoms with Gasteiger partial charge < -0.3 is 15.2 Å². The molecule has 0 amide bonds. The maximum Gasteiger partial charge on any atom is 0.243 e. The van der Waals surface area contributed by atoms with Crippen molar-refractivity contribution < 1.29 is 8.42 Å². The van der Waals surface area contributed by atoms with Crippen LogP contribution in [-0.4, -0.2) is 60.1 Å². The van der Waals surface area contributed by atoms with E-state index in [0.29, 0.717) is 37.0 Å². The number of sulfonamides is 1. The van der Waals surface area contributed by atoms with Crippen molar-refractivity contribution in [2.75, 3.05) is 26.7 Å². The Labute approximate surface area is 201 Å². The van der Waals surface area contributed by atoms with Crippen molar-refractivity contribution in [3.63, 3.8) is 0 Å². The topological polar surface area (TPSA) is 105 Å². The molecule has 1 aliphatic rings. The Hall–Kier alpha value is -1.73. The molecule has 1 aromatic heterocycles. The molecule has 2 N–H and O–H groups in total. The average molecular weight is 561 g/mol. The van der Waals surface area contributed by atoms with Gasteiger partial charge in [0.05, 0.1) is 4.90 Å².